The van der Waals surface area contributed by atoms with Gasteiger partial charge in [0.2, 0.25) is 11.7 Å². The molecule has 0 unspecified atom stereocenters. The predicted octanol–water partition coefficient (Wildman–Crippen LogP) is 3.71. The maximum absolute atomic E-state index is 11.9. The van der Waals surface area contributed by atoms with Crippen molar-refractivity contribution in [2.75, 3.05) is 0 Å². The smallest absolute Gasteiger partial charge is 0.376 e. The van der Waals surface area contributed by atoms with Crippen molar-refractivity contribution in [1.82, 2.24) is 0 Å². The molecular weight excluding hydrogens is 228 g/mol. The Morgan fingerprint density at radius 1 is 0.786 bits per heavy atom. The summed E-state index contributed by atoms with van der Waals surface area (Å²) in [6.07, 6.45) is -8.93. The van der Waals surface area contributed by atoms with Crippen molar-refractivity contribution in [3.63, 3.8) is 0 Å². The summed E-state index contributed by atoms with van der Waals surface area (Å²) >= 11 is 0. The summed E-state index contributed by atoms with van der Waals surface area (Å²) < 4.78 is 93.6. The van der Waals surface area contributed by atoms with E-state index in [2.05, 4.69) is 4.74 Å². The lowest BCUT2D eigenvalue weighted by atomic mass is 10.5. The minimum Gasteiger partial charge on any atom is -0.376 e. The number of rotatable bonds is 2. The molecule has 0 aliphatic rings. The first-order valence-corrected chi connectivity index (χ1v) is 2.67. The van der Waals surface area contributed by atoms with E-state index in [9.17, 15) is 35.1 Å². The first kappa shape index (κ1) is 12.7. The quantitative estimate of drug-likeness (QED) is 0.397. The van der Waals surface area contributed by atoms with E-state index < -0.39 is 30.1 Å². The molecule has 0 radical (unpaired) electrons. The molecule has 0 rings (SSSR count). The van der Waals surface area contributed by atoms with Gasteiger partial charge in [-0.05, 0) is 0 Å². The normalized spacial score (nSPS) is 13.4. The Hall–Kier alpha value is -1.28. The molecule has 0 heterocycles. The molecule has 0 aromatic heterocycles. The number of halogens is 8. The van der Waals surface area contributed by atoms with Gasteiger partial charge < -0.3 is 4.74 Å². The molecule has 14 heavy (non-hydrogen) atoms. The number of alkyl halides is 3. The molecule has 82 valence electrons. The topological polar surface area (TPSA) is 9.23 Å². The van der Waals surface area contributed by atoms with Gasteiger partial charge in [0.15, 0.2) is 0 Å². The Morgan fingerprint density at radius 2 is 1.21 bits per heavy atom. The third-order valence-electron chi connectivity index (χ3n) is 0.737. The van der Waals surface area contributed by atoms with E-state index in [1.807, 2.05) is 0 Å². The monoisotopic (exact) mass is 228 g/mol. The van der Waals surface area contributed by atoms with Crippen LogP contribution < -0.4 is 0 Å². The molecule has 1 nitrogen and oxygen atoms in total. The van der Waals surface area contributed by atoms with Gasteiger partial charge in [0.1, 0.15) is 0 Å². The van der Waals surface area contributed by atoms with E-state index in [-0.39, 0.29) is 0 Å². The largest absolute Gasteiger partial charge is 0.574 e. The fourth-order valence-corrected chi connectivity index (χ4v) is 0.316. The van der Waals surface area contributed by atoms with Crippen molar-refractivity contribution in [3.05, 3.63) is 23.7 Å². The molecule has 0 atom stereocenters. The molecule has 0 bridgehead atoms. The molecule has 0 aliphatic heterocycles. The Balaban J connectivity index is 4.87. The number of hydrogen-bond acceptors (Lipinski definition) is 1. The lowest BCUT2D eigenvalue weighted by Gasteiger charge is -2.05. The summed E-state index contributed by atoms with van der Waals surface area (Å²) in [5.74, 6) is -6.10. The lowest BCUT2D eigenvalue weighted by molar-refractivity contribution is -0.314. The Morgan fingerprint density at radius 3 is 1.50 bits per heavy atom. The van der Waals surface area contributed by atoms with Crippen LogP contribution >= 0.6 is 0 Å². The lowest BCUT2D eigenvalue weighted by Crippen LogP contribution is -2.12. The summed E-state index contributed by atoms with van der Waals surface area (Å²) in [6.45, 7) is 0. The van der Waals surface area contributed by atoms with Crippen LogP contribution in [0.25, 0.3) is 0 Å². The van der Waals surface area contributed by atoms with Gasteiger partial charge in [0, 0.05) is 0 Å². The Bertz CT molecular complexity index is 270. The number of allylic oxidation sites excluding steroid dienone is 2. The molecule has 0 aliphatic carbocycles. The molecule has 0 amide bonds. The van der Waals surface area contributed by atoms with Gasteiger partial charge in [-0.25, -0.2) is 0 Å². The summed E-state index contributed by atoms with van der Waals surface area (Å²) in [6, 6.07) is -3.12. The summed E-state index contributed by atoms with van der Waals surface area (Å²) in [4.78, 5) is 0. The predicted molar refractivity (Wildman–Crippen MR) is 26.7 cm³/mol. The van der Waals surface area contributed by atoms with E-state index in [1.165, 1.54) is 0 Å². The molecule has 0 saturated carbocycles. The average Bonchev–Trinajstić information content (AvgIpc) is 1.98. The van der Waals surface area contributed by atoms with Crippen LogP contribution in [-0.2, 0) is 4.74 Å². The fourth-order valence-electron chi connectivity index (χ4n) is 0.316. The average molecular weight is 228 g/mol. The van der Waals surface area contributed by atoms with Crippen LogP contribution in [0.1, 0.15) is 0 Å². The van der Waals surface area contributed by atoms with E-state index in [1.54, 1.807) is 0 Å². The van der Waals surface area contributed by atoms with Crippen LogP contribution in [-0.4, -0.2) is 6.36 Å². The van der Waals surface area contributed by atoms with E-state index >= 15 is 0 Å². The van der Waals surface area contributed by atoms with Crippen molar-refractivity contribution >= 4 is 0 Å². The molecule has 0 aromatic rings. The minimum absolute atomic E-state index is 2.20. The van der Waals surface area contributed by atoms with Crippen molar-refractivity contribution in [2.45, 2.75) is 6.36 Å². The van der Waals surface area contributed by atoms with Crippen LogP contribution in [0, 0.1) is 0 Å². The molecular formula is C5F8O. The van der Waals surface area contributed by atoms with Crippen LogP contribution in [0.15, 0.2) is 23.7 Å². The SMILES string of the molecule is FC(F)=C(F)C(F)=C(F)OC(F)(F)F. The van der Waals surface area contributed by atoms with Gasteiger partial charge in [0.25, 0.3) is 0 Å². The van der Waals surface area contributed by atoms with E-state index in [0.29, 0.717) is 0 Å². The Labute approximate surface area is 71.3 Å². The standard InChI is InChI=1S/C5F8O/c6-1(3(8)9)2(7)4(10)14-5(11,12)13. The molecule has 0 N–H and O–H groups in total. The van der Waals surface area contributed by atoms with Gasteiger partial charge in [0.05, 0.1) is 0 Å². The zero-order valence-electron chi connectivity index (χ0n) is 5.93. The van der Waals surface area contributed by atoms with Crippen molar-refractivity contribution in [1.29, 1.82) is 0 Å². The van der Waals surface area contributed by atoms with Crippen LogP contribution in [0.4, 0.5) is 35.1 Å². The molecule has 0 fully saturated rings. The van der Waals surface area contributed by atoms with Gasteiger partial charge in [-0.1, -0.05) is 0 Å². The Kier molecular flexibility index (Phi) is 3.90. The summed E-state index contributed by atoms with van der Waals surface area (Å²) in [5.41, 5.74) is 0. The van der Waals surface area contributed by atoms with Crippen LogP contribution in [0.2, 0.25) is 0 Å². The molecule has 0 saturated heterocycles. The van der Waals surface area contributed by atoms with E-state index in [0.717, 1.165) is 0 Å². The minimum atomic E-state index is -5.63. The summed E-state index contributed by atoms with van der Waals surface area (Å²) in [7, 11) is 0. The number of hydrogen-bond donors (Lipinski definition) is 0. The summed E-state index contributed by atoms with van der Waals surface area (Å²) in [5, 5.41) is 0. The highest BCUT2D eigenvalue weighted by Gasteiger charge is 2.35. The third-order valence-corrected chi connectivity index (χ3v) is 0.737. The molecule has 0 spiro atoms. The molecule has 0 aromatic carbocycles. The highest BCUT2D eigenvalue weighted by Crippen LogP contribution is 2.29. The van der Waals surface area contributed by atoms with Gasteiger partial charge in [-0.2, -0.15) is 22.0 Å². The van der Waals surface area contributed by atoms with E-state index in [4.69, 9.17) is 0 Å². The number of ether oxygens (including phenoxy) is 1. The third kappa shape index (κ3) is 4.10. The van der Waals surface area contributed by atoms with Gasteiger partial charge >= 0.3 is 18.5 Å². The highest BCUT2D eigenvalue weighted by molar-refractivity contribution is 5.19. The molecule has 9 heteroatoms. The first-order valence-electron chi connectivity index (χ1n) is 2.67. The second-order valence-corrected chi connectivity index (χ2v) is 1.71. The first-order chi connectivity index (χ1) is 6.15. The van der Waals surface area contributed by atoms with Crippen molar-refractivity contribution in [2.24, 2.45) is 0 Å². The van der Waals surface area contributed by atoms with Gasteiger partial charge in [-0.3, -0.25) is 0 Å². The zero-order valence-corrected chi connectivity index (χ0v) is 5.93. The van der Waals surface area contributed by atoms with Crippen LogP contribution in [0.5, 0.6) is 0 Å². The maximum Gasteiger partial charge on any atom is 0.574 e. The maximum atomic E-state index is 11.9. The van der Waals surface area contributed by atoms with Crippen molar-refractivity contribution in [3.8, 4) is 0 Å². The zero-order chi connectivity index (χ0) is 11.5. The fraction of sp³-hybridized carbons (Fsp3) is 0.200. The van der Waals surface area contributed by atoms with Crippen LogP contribution in [0.3, 0.4) is 0 Å². The van der Waals surface area contributed by atoms with Gasteiger partial charge in [-0.15, -0.1) is 13.2 Å². The second-order valence-electron chi connectivity index (χ2n) is 1.71. The highest BCUT2D eigenvalue weighted by atomic mass is 19.4. The second kappa shape index (κ2) is 4.29. The van der Waals surface area contributed by atoms with Crippen molar-refractivity contribution < 1.29 is 39.9 Å².